The minimum Gasteiger partial charge on any atom is -0.465 e. The number of halogens is 1. The number of carbonyl (C=O) groups excluding carboxylic acids is 1. The number of anilines is 3. The molecule has 0 heterocycles. The maximum Gasteiger partial charge on any atom is 0.337 e. The number of rotatable bonds is 3. The van der Waals surface area contributed by atoms with Crippen LogP contribution in [0.15, 0.2) is 36.4 Å². The summed E-state index contributed by atoms with van der Waals surface area (Å²) in [7, 11) is 1.30. The summed E-state index contributed by atoms with van der Waals surface area (Å²) in [5.41, 5.74) is 8.14. The van der Waals surface area contributed by atoms with E-state index in [4.69, 9.17) is 5.73 Å². The molecule has 3 N–H and O–H groups in total. The van der Waals surface area contributed by atoms with Gasteiger partial charge in [-0.15, -0.1) is 0 Å². The van der Waals surface area contributed by atoms with Gasteiger partial charge >= 0.3 is 5.97 Å². The van der Waals surface area contributed by atoms with Crippen LogP contribution in [0.4, 0.5) is 21.5 Å². The Kier molecular flexibility index (Phi) is 3.89. The number of nitrogens with one attached hydrogen (secondary N) is 1. The molecule has 0 unspecified atom stereocenters. The zero-order valence-electron chi connectivity index (χ0n) is 11.2. The third-order valence-electron chi connectivity index (χ3n) is 2.96. The van der Waals surface area contributed by atoms with Crippen LogP contribution in [0.5, 0.6) is 0 Å². The number of nitrogen functional groups attached to an aromatic ring is 1. The zero-order chi connectivity index (χ0) is 14.7. The lowest BCUT2D eigenvalue weighted by molar-refractivity contribution is 0.0601. The molecule has 2 aromatic carbocycles. The molecule has 0 radical (unpaired) electrons. The van der Waals surface area contributed by atoms with E-state index in [0.29, 0.717) is 22.6 Å². The molecule has 0 aliphatic heterocycles. The summed E-state index contributed by atoms with van der Waals surface area (Å²) in [6.07, 6.45) is 0. The fourth-order valence-corrected chi connectivity index (χ4v) is 1.83. The lowest BCUT2D eigenvalue weighted by Crippen LogP contribution is -2.05. The highest BCUT2D eigenvalue weighted by Gasteiger charge is 2.11. The van der Waals surface area contributed by atoms with Gasteiger partial charge in [0, 0.05) is 0 Å². The van der Waals surface area contributed by atoms with E-state index in [1.54, 1.807) is 31.2 Å². The standard InChI is InChI=1S/C15H15FN2O2/c1-9-4-3-5-11(16)14(9)18-13-8-10(15(19)20-2)6-7-12(13)17/h3-8,18H,17H2,1-2H3. The number of hydrogen-bond donors (Lipinski definition) is 2. The van der Waals surface area contributed by atoms with Gasteiger partial charge in [-0.1, -0.05) is 12.1 Å². The fraction of sp³-hybridized carbons (Fsp3) is 0.133. The van der Waals surface area contributed by atoms with Crippen LogP contribution >= 0.6 is 0 Å². The van der Waals surface area contributed by atoms with Crippen molar-refractivity contribution >= 4 is 23.0 Å². The van der Waals surface area contributed by atoms with E-state index in [9.17, 15) is 9.18 Å². The van der Waals surface area contributed by atoms with Crippen molar-refractivity contribution in [3.05, 3.63) is 53.3 Å². The third kappa shape index (κ3) is 2.71. The molecule has 0 aliphatic carbocycles. The van der Waals surface area contributed by atoms with Crippen LogP contribution in [-0.4, -0.2) is 13.1 Å². The Labute approximate surface area is 116 Å². The first-order valence-electron chi connectivity index (χ1n) is 6.03. The summed E-state index contributed by atoms with van der Waals surface area (Å²) in [5, 5.41) is 2.92. The van der Waals surface area contributed by atoms with Gasteiger partial charge in [-0.2, -0.15) is 0 Å². The second-order valence-corrected chi connectivity index (χ2v) is 4.35. The number of aryl methyl sites for hydroxylation is 1. The number of carbonyl (C=O) groups is 1. The summed E-state index contributed by atoms with van der Waals surface area (Å²) >= 11 is 0. The van der Waals surface area contributed by atoms with Crippen molar-refractivity contribution in [1.29, 1.82) is 0 Å². The fourth-order valence-electron chi connectivity index (χ4n) is 1.83. The van der Waals surface area contributed by atoms with Gasteiger partial charge in [-0.05, 0) is 36.8 Å². The van der Waals surface area contributed by atoms with Gasteiger partial charge in [-0.25, -0.2) is 9.18 Å². The molecule has 2 aromatic rings. The topological polar surface area (TPSA) is 64.3 Å². The molecular weight excluding hydrogens is 259 g/mol. The Balaban J connectivity index is 2.40. The van der Waals surface area contributed by atoms with E-state index >= 15 is 0 Å². The van der Waals surface area contributed by atoms with Crippen LogP contribution in [0.3, 0.4) is 0 Å². The first-order chi connectivity index (χ1) is 9.52. The highest BCUT2D eigenvalue weighted by atomic mass is 19.1. The van der Waals surface area contributed by atoms with E-state index in [-0.39, 0.29) is 5.82 Å². The predicted octanol–water partition coefficient (Wildman–Crippen LogP) is 3.25. The van der Waals surface area contributed by atoms with Crippen LogP contribution < -0.4 is 11.1 Å². The van der Waals surface area contributed by atoms with Crippen molar-refractivity contribution in [2.45, 2.75) is 6.92 Å². The summed E-state index contributed by atoms with van der Waals surface area (Å²) in [6.45, 7) is 1.78. The first kappa shape index (κ1) is 13.9. The van der Waals surface area contributed by atoms with Gasteiger partial charge in [0.1, 0.15) is 5.82 Å². The molecule has 0 bridgehead atoms. The Morgan fingerprint density at radius 2 is 2.05 bits per heavy atom. The van der Waals surface area contributed by atoms with Gasteiger partial charge in [0.05, 0.1) is 29.7 Å². The molecule has 104 valence electrons. The summed E-state index contributed by atoms with van der Waals surface area (Å²) < 4.78 is 18.4. The molecule has 0 amide bonds. The van der Waals surface area contributed by atoms with Gasteiger partial charge in [0.25, 0.3) is 0 Å². The average Bonchev–Trinajstić information content (AvgIpc) is 2.44. The van der Waals surface area contributed by atoms with Gasteiger partial charge in [0.15, 0.2) is 0 Å². The smallest absolute Gasteiger partial charge is 0.337 e. The van der Waals surface area contributed by atoms with Gasteiger partial charge < -0.3 is 15.8 Å². The molecule has 4 nitrogen and oxygen atoms in total. The van der Waals surface area contributed by atoms with Crippen molar-refractivity contribution in [2.24, 2.45) is 0 Å². The maximum absolute atomic E-state index is 13.8. The lowest BCUT2D eigenvalue weighted by Gasteiger charge is -2.13. The van der Waals surface area contributed by atoms with Crippen molar-refractivity contribution in [3.63, 3.8) is 0 Å². The molecule has 0 spiro atoms. The largest absolute Gasteiger partial charge is 0.465 e. The molecule has 0 fully saturated rings. The second kappa shape index (κ2) is 5.61. The van der Waals surface area contributed by atoms with Crippen LogP contribution in [-0.2, 0) is 4.74 Å². The zero-order valence-corrected chi connectivity index (χ0v) is 11.2. The maximum atomic E-state index is 13.8. The Bertz CT molecular complexity index is 636. The van der Waals surface area contributed by atoms with Crippen molar-refractivity contribution in [1.82, 2.24) is 0 Å². The van der Waals surface area contributed by atoms with E-state index in [1.165, 1.54) is 19.2 Å². The highest BCUT2D eigenvalue weighted by Crippen LogP contribution is 2.28. The number of benzene rings is 2. The monoisotopic (exact) mass is 274 g/mol. The Morgan fingerprint density at radius 3 is 2.70 bits per heavy atom. The van der Waals surface area contributed by atoms with Crippen molar-refractivity contribution in [3.8, 4) is 0 Å². The Hall–Kier alpha value is -2.56. The quantitative estimate of drug-likeness (QED) is 0.666. The normalized spacial score (nSPS) is 10.2. The molecule has 0 atom stereocenters. The molecule has 5 heteroatoms. The molecule has 0 aliphatic rings. The highest BCUT2D eigenvalue weighted by molar-refractivity contribution is 5.92. The van der Waals surface area contributed by atoms with E-state index in [1.807, 2.05) is 0 Å². The van der Waals surface area contributed by atoms with Crippen molar-refractivity contribution in [2.75, 3.05) is 18.2 Å². The summed E-state index contributed by atoms with van der Waals surface area (Å²) in [4.78, 5) is 11.5. The van der Waals surface area contributed by atoms with Crippen LogP contribution in [0, 0.1) is 12.7 Å². The number of methoxy groups -OCH3 is 1. The summed E-state index contributed by atoms with van der Waals surface area (Å²) in [6, 6.07) is 9.43. The minimum absolute atomic E-state index is 0.334. The number of ether oxygens (including phenoxy) is 1. The van der Waals surface area contributed by atoms with Crippen LogP contribution in [0.1, 0.15) is 15.9 Å². The molecule has 2 rings (SSSR count). The van der Waals surface area contributed by atoms with Crippen molar-refractivity contribution < 1.29 is 13.9 Å². The lowest BCUT2D eigenvalue weighted by atomic mass is 10.1. The van der Waals surface area contributed by atoms with E-state index < -0.39 is 5.97 Å². The second-order valence-electron chi connectivity index (χ2n) is 4.35. The Morgan fingerprint density at radius 1 is 1.30 bits per heavy atom. The molecule has 0 saturated carbocycles. The van der Waals surface area contributed by atoms with E-state index in [0.717, 1.165) is 5.56 Å². The SMILES string of the molecule is COC(=O)c1ccc(N)c(Nc2c(C)cccc2F)c1. The number of para-hydroxylation sites is 1. The third-order valence-corrected chi connectivity index (χ3v) is 2.96. The number of nitrogens with two attached hydrogens (primary N) is 1. The average molecular weight is 274 g/mol. The molecular formula is C15H15FN2O2. The first-order valence-corrected chi connectivity index (χ1v) is 6.03. The minimum atomic E-state index is -0.474. The number of hydrogen-bond acceptors (Lipinski definition) is 4. The van der Waals surface area contributed by atoms with E-state index in [2.05, 4.69) is 10.1 Å². The predicted molar refractivity (Wildman–Crippen MR) is 76.6 cm³/mol. The molecule has 0 saturated heterocycles. The molecule has 20 heavy (non-hydrogen) atoms. The summed E-state index contributed by atoms with van der Waals surface area (Å²) in [5.74, 6) is -0.855. The van der Waals surface area contributed by atoms with Gasteiger partial charge in [0.2, 0.25) is 0 Å². The molecule has 0 aromatic heterocycles. The van der Waals surface area contributed by atoms with Crippen LogP contribution in [0.2, 0.25) is 0 Å². The van der Waals surface area contributed by atoms with Crippen LogP contribution in [0.25, 0.3) is 0 Å². The number of esters is 1. The van der Waals surface area contributed by atoms with Gasteiger partial charge in [-0.3, -0.25) is 0 Å².